The van der Waals surface area contributed by atoms with Crippen molar-refractivity contribution in [3.8, 4) is 0 Å². The lowest BCUT2D eigenvalue weighted by atomic mass is 9.44. The van der Waals surface area contributed by atoms with Crippen LogP contribution in [0.2, 0.25) is 0 Å². The van der Waals surface area contributed by atoms with Gasteiger partial charge < -0.3 is 14.6 Å². The molecule has 0 aliphatic heterocycles. The largest absolute Gasteiger partial charge is 0.463 e. The van der Waals surface area contributed by atoms with Crippen LogP contribution in [-0.2, 0) is 19.1 Å². The van der Waals surface area contributed by atoms with Crippen LogP contribution in [0.25, 0.3) is 0 Å². The number of alkyl halides is 1. The summed E-state index contributed by atoms with van der Waals surface area (Å²) in [4.78, 5) is 22.6. The van der Waals surface area contributed by atoms with Gasteiger partial charge in [-0.25, -0.2) is 4.79 Å². The first-order valence-corrected chi connectivity index (χ1v) is 8.50. The number of carbonyl (C=O) groups excluding carboxylic acids is 2. The molecule has 0 radical (unpaired) electrons. The van der Waals surface area contributed by atoms with Gasteiger partial charge in [-0.2, -0.15) is 0 Å². The zero-order valence-corrected chi connectivity index (χ0v) is 13.4. The van der Waals surface area contributed by atoms with Gasteiger partial charge in [0.05, 0.1) is 6.61 Å². The molecule has 4 rings (SSSR count). The third-order valence-electron chi connectivity index (χ3n) is 5.64. The Hall–Kier alpha value is -0.810. The first-order valence-electron chi connectivity index (χ1n) is 7.96. The van der Waals surface area contributed by atoms with E-state index in [4.69, 9.17) is 16.3 Å². The lowest BCUT2D eigenvalue weighted by Gasteiger charge is -2.61. The van der Waals surface area contributed by atoms with Crippen LogP contribution in [0.15, 0.2) is 0 Å². The summed E-state index contributed by atoms with van der Waals surface area (Å²) in [5.74, 6) is -0.0955. The molecule has 4 aliphatic rings. The number of hydrogen-bond acceptors (Lipinski definition) is 5. The second-order valence-corrected chi connectivity index (χ2v) is 7.84. The third-order valence-corrected chi connectivity index (χ3v) is 5.86. The predicted molar refractivity (Wildman–Crippen MR) is 79.3 cm³/mol. The van der Waals surface area contributed by atoms with Crippen molar-refractivity contribution in [2.24, 2.45) is 22.7 Å². The normalized spacial score (nSPS) is 38.8. The summed E-state index contributed by atoms with van der Waals surface area (Å²) in [6.07, 6.45) is 6.59. The van der Waals surface area contributed by atoms with Gasteiger partial charge in [-0.05, 0) is 55.8 Å². The Labute approximate surface area is 135 Å². The van der Waals surface area contributed by atoms with Gasteiger partial charge in [0, 0.05) is 12.0 Å². The zero-order chi connectivity index (χ0) is 15.8. The SMILES string of the molecule is O=C(CCl)OCC(=O)OCC12CC3CC(CC(CO)(C3)C1)C2. The van der Waals surface area contributed by atoms with Crippen LogP contribution in [-0.4, -0.2) is 42.7 Å². The molecular weight excluding hydrogens is 308 g/mol. The van der Waals surface area contributed by atoms with E-state index in [1.54, 1.807) is 0 Å². The fourth-order valence-electron chi connectivity index (χ4n) is 5.46. The first-order chi connectivity index (χ1) is 10.5. The molecule has 124 valence electrons. The predicted octanol–water partition coefficient (Wildman–Crippen LogP) is 1.89. The van der Waals surface area contributed by atoms with E-state index in [2.05, 4.69) is 4.74 Å². The maximum absolute atomic E-state index is 11.7. The van der Waals surface area contributed by atoms with Gasteiger partial charge >= 0.3 is 11.9 Å². The zero-order valence-electron chi connectivity index (χ0n) is 12.7. The summed E-state index contributed by atoms with van der Waals surface area (Å²) in [6.45, 7) is 0.238. The van der Waals surface area contributed by atoms with Crippen LogP contribution < -0.4 is 0 Å². The Morgan fingerprint density at radius 3 is 2.27 bits per heavy atom. The monoisotopic (exact) mass is 330 g/mol. The van der Waals surface area contributed by atoms with Crippen LogP contribution in [0.5, 0.6) is 0 Å². The molecule has 0 spiro atoms. The van der Waals surface area contributed by atoms with E-state index >= 15 is 0 Å². The molecule has 0 heterocycles. The number of rotatable bonds is 6. The molecule has 6 heteroatoms. The molecule has 0 amide bonds. The Balaban J connectivity index is 1.56. The summed E-state index contributed by atoms with van der Waals surface area (Å²) in [6, 6.07) is 0. The molecule has 0 aromatic heterocycles. The topological polar surface area (TPSA) is 72.8 Å². The van der Waals surface area contributed by atoms with E-state index in [1.165, 1.54) is 6.42 Å². The average molecular weight is 331 g/mol. The second kappa shape index (κ2) is 6.00. The van der Waals surface area contributed by atoms with Crippen LogP contribution in [0.4, 0.5) is 0 Å². The van der Waals surface area contributed by atoms with Crippen molar-refractivity contribution < 1.29 is 24.2 Å². The highest BCUT2D eigenvalue weighted by Crippen LogP contribution is 2.65. The van der Waals surface area contributed by atoms with E-state index < -0.39 is 11.9 Å². The van der Waals surface area contributed by atoms with Gasteiger partial charge in [-0.1, -0.05) is 0 Å². The Morgan fingerprint density at radius 2 is 1.68 bits per heavy atom. The van der Waals surface area contributed by atoms with Crippen molar-refractivity contribution >= 4 is 23.5 Å². The summed E-state index contributed by atoms with van der Waals surface area (Å²) in [7, 11) is 0. The minimum atomic E-state index is -0.618. The molecule has 2 atom stereocenters. The number of ether oxygens (including phenoxy) is 2. The number of aliphatic hydroxyl groups is 1. The molecule has 4 fully saturated rings. The van der Waals surface area contributed by atoms with E-state index in [0.717, 1.165) is 32.1 Å². The average Bonchev–Trinajstić information content (AvgIpc) is 2.49. The molecule has 4 saturated carbocycles. The Kier molecular flexibility index (Phi) is 4.38. The highest BCUT2D eigenvalue weighted by atomic mass is 35.5. The number of carbonyl (C=O) groups is 2. The number of esters is 2. The summed E-state index contributed by atoms with van der Waals surface area (Å²) < 4.78 is 10.1. The van der Waals surface area contributed by atoms with Crippen molar-refractivity contribution in [3.05, 3.63) is 0 Å². The van der Waals surface area contributed by atoms with Crippen molar-refractivity contribution in [1.82, 2.24) is 0 Å². The molecule has 0 saturated heterocycles. The standard InChI is InChI=1S/C16H23ClO5/c17-6-13(19)21-7-14(20)22-10-16-4-11-1-12(5-16)3-15(2-11,8-16)9-18/h11-12,18H,1-10H2. The fraction of sp³-hybridized carbons (Fsp3) is 0.875. The smallest absolute Gasteiger partial charge is 0.344 e. The summed E-state index contributed by atoms with van der Waals surface area (Å²) in [5, 5.41) is 9.82. The summed E-state index contributed by atoms with van der Waals surface area (Å²) in [5.41, 5.74) is 0.0561. The molecule has 0 aromatic carbocycles. The van der Waals surface area contributed by atoms with E-state index in [1.807, 2.05) is 0 Å². The highest BCUT2D eigenvalue weighted by molar-refractivity contribution is 6.26. The van der Waals surface area contributed by atoms with Gasteiger partial charge in [0.1, 0.15) is 5.88 Å². The van der Waals surface area contributed by atoms with Crippen molar-refractivity contribution in [1.29, 1.82) is 0 Å². The van der Waals surface area contributed by atoms with E-state index in [9.17, 15) is 14.7 Å². The fourth-order valence-corrected chi connectivity index (χ4v) is 5.53. The number of halogens is 1. The van der Waals surface area contributed by atoms with E-state index in [-0.39, 0.29) is 29.9 Å². The molecular formula is C16H23ClO5. The summed E-state index contributed by atoms with van der Waals surface area (Å²) >= 11 is 5.30. The van der Waals surface area contributed by atoms with Gasteiger partial charge in [0.25, 0.3) is 0 Å². The van der Waals surface area contributed by atoms with Crippen LogP contribution in [0, 0.1) is 22.7 Å². The van der Waals surface area contributed by atoms with Crippen LogP contribution >= 0.6 is 11.6 Å². The van der Waals surface area contributed by atoms with Gasteiger partial charge in [-0.15, -0.1) is 11.6 Å². The Bertz CT molecular complexity index is 449. The molecule has 22 heavy (non-hydrogen) atoms. The molecule has 4 aliphatic carbocycles. The Morgan fingerprint density at radius 1 is 1.05 bits per heavy atom. The second-order valence-electron chi connectivity index (χ2n) is 7.57. The minimum Gasteiger partial charge on any atom is -0.463 e. The lowest BCUT2D eigenvalue weighted by molar-refractivity contribution is -0.174. The first kappa shape index (κ1) is 16.1. The van der Waals surface area contributed by atoms with Gasteiger partial charge in [-0.3, -0.25) is 4.79 Å². The lowest BCUT2D eigenvalue weighted by Crippen LogP contribution is -2.55. The molecule has 5 nitrogen and oxygen atoms in total. The quantitative estimate of drug-likeness (QED) is 0.594. The number of hydrogen-bond donors (Lipinski definition) is 1. The minimum absolute atomic E-state index is 0.0129. The maximum Gasteiger partial charge on any atom is 0.344 e. The maximum atomic E-state index is 11.7. The third kappa shape index (κ3) is 3.11. The van der Waals surface area contributed by atoms with Gasteiger partial charge in [0.15, 0.2) is 6.61 Å². The molecule has 0 aromatic rings. The van der Waals surface area contributed by atoms with Gasteiger partial charge in [0.2, 0.25) is 0 Å². The van der Waals surface area contributed by atoms with E-state index in [0.29, 0.717) is 18.4 Å². The van der Waals surface area contributed by atoms with Crippen molar-refractivity contribution in [3.63, 3.8) is 0 Å². The molecule has 2 unspecified atom stereocenters. The highest BCUT2D eigenvalue weighted by Gasteiger charge is 2.57. The molecule has 4 bridgehead atoms. The van der Waals surface area contributed by atoms with Crippen LogP contribution in [0.3, 0.4) is 0 Å². The molecule has 1 N–H and O–H groups in total. The van der Waals surface area contributed by atoms with Crippen LogP contribution in [0.1, 0.15) is 38.5 Å². The van der Waals surface area contributed by atoms with Crippen molar-refractivity contribution in [2.45, 2.75) is 38.5 Å². The van der Waals surface area contributed by atoms with Crippen molar-refractivity contribution in [2.75, 3.05) is 25.7 Å². The number of aliphatic hydroxyl groups excluding tert-OH is 1.